The van der Waals surface area contributed by atoms with Gasteiger partial charge in [-0.15, -0.1) is 0 Å². The Bertz CT molecular complexity index is 844. The molecule has 0 saturated carbocycles. The molecule has 1 aliphatic rings. The first-order valence-electron chi connectivity index (χ1n) is 8.89. The maximum atomic E-state index is 9.72. The summed E-state index contributed by atoms with van der Waals surface area (Å²) in [5, 5.41) is 14.5. The number of aliphatic hydroxyl groups is 1. The Hall–Kier alpha value is -2.15. The van der Waals surface area contributed by atoms with Gasteiger partial charge in [-0.05, 0) is 31.3 Å². The van der Waals surface area contributed by atoms with Crippen molar-refractivity contribution in [3.05, 3.63) is 48.3 Å². The van der Waals surface area contributed by atoms with Crippen molar-refractivity contribution in [2.24, 2.45) is 0 Å². The molecule has 1 N–H and O–H groups in total. The van der Waals surface area contributed by atoms with Gasteiger partial charge in [0.15, 0.2) is 0 Å². The number of fused-ring (bicyclic) bond motifs is 1. The summed E-state index contributed by atoms with van der Waals surface area (Å²) in [4.78, 5) is 4.86. The Morgan fingerprint density at radius 3 is 2.68 bits per heavy atom. The summed E-state index contributed by atoms with van der Waals surface area (Å²) >= 11 is 0. The van der Waals surface area contributed by atoms with Gasteiger partial charge in [0.05, 0.1) is 18.8 Å². The zero-order chi connectivity index (χ0) is 17.2. The third kappa shape index (κ3) is 3.33. The number of hydrogen-bond donors (Lipinski definition) is 1. The lowest BCUT2D eigenvalue weighted by atomic mass is 10.2. The SMILES string of the molecule is CN1CCN(CCn2ccc(-c3c(CO)cc4ccccn34)n2)CC1. The predicted molar refractivity (Wildman–Crippen MR) is 98.5 cm³/mol. The summed E-state index contributed by atoms with van der Waals surface area (Å²) in [7, 11) is 2.18. The molecule has 3 aromatic rings. The second-order valence-electron chi connectivity index (χ2n) is 6.78. The van der Waals surface area contributed by atoms with Crippen LogP contribution in [0.3, 0.4) is 0 Å². The number of rotatable bonds is 5. The van der Waals surface area contributed by atoms with Gasteiger partial charge in [0.2, 0.25) is 0 Å². The minimum absolute atomic E-state index is 0.0190. The van der Waals surface area contributed by atoms with Gasteiger partial charge in [-0.3, -0.25) is 9.58 Å². The molecule has 0 aliphatic carbocycles. The topological polar surface area (TPSA) is 48.9 Å². The predicted octanol–water partition coefficient (Wildman–Crippen LogP) is 1.54. The van der Waals surface area contributed by atoms with Crippen LogP contribution >= 0.6 is 0 Å². The van der Waals surface area contributed by atoms with Crippen LogP contribution in [-0.4, -0.2) is 68.9 Å². The molecule has 0 radical (unpaired) electrons. The van der Waals surface area contributed by atoms with Crippen LogP contribution < -0.4 is 0 Å². The lowest BCUT2D eigenvalue weighted by Gasteiger charge is -2.32. The molecule has 132 valence electrons. The molecule has 0 aromatic carbocycles. The van der Waals surface area contributed by atoms with E-state index in [0.29, 0.717) is 0 Å². The highest BCUT2D eigenvalue weighted by atomic mass is 16.3. The fourth-order valence-electron chi connectivity index (χ4n) is 3.52. The monoisotopic (exact) mass is 339 g/mol. The van der Waals surface area contributed by atoms with Crippen molar-refractivity contribution in [1.29, 1.82) is 0 Å². The molecular formula is C19H25N5O. The molecule has 1 fully saturated rings. The highest BCUT2D eigenvalue weighted by Crippen LogP contribution is 2.26. The van der Waals surface area contributed by atoms with Gasteiger partial charge in [0, 0.05) is 56.2 Å². The lowest BCUT2D eigenvalue weighted by Crippen LogP contribution is -2.45. The number of nitrogens with zero attached hydrogens (tertiary/aromatic N) is 5. The van der Waals surface area contributed by atoms with Crippen molar-refractivity contribution >= 4 is 5.52 Å². The van der Waals surface area contributed by atoms with E-state index in [1.807, 2.05) is 47.4 Å². The van der Waals surface area contributed by atoms with Gasteiger partial charge in [0.25, 0.3) is 0 Å². The lowest BCUT2D eigenvalue weighted by molar-refractivity contribution is 0.149. The van der Waals surface area contributed by atoms with Crippen LogP contribution in [0.5, 0.6) is 0 Å². The van der Waals surface area contributed by atoms with E-state index >= 15 is 0 Å². The maximum absolute atomic E-state index is 9.72. The number of piperazine rings is 1. The fraction of sp³-hybridized carbons (Fsp3) is 0.421. The first kappa shape index (κ1) is 16.3. The molecule has 3 aromatic heterocycles. The average molecular weight is 339 g/mol. The molecule has 0 atom stereocenters. The Morgan fingerprint density at radius 2 is 1.88 bits per heavy atom. The quantitative estimate of drug-likeness (QED) is 0.766. The smallest absolute Gasteiger partial charge is 0.109 e. The number of likely N-dealkylation sites (N-methyl/N-ethyl adjacent to an activating group) is 1. The summed E-state index contributed by atoms with van der Waals surface area (Å²) in [5.74, 6) is 0. The standard InChI is InChI=1S/C19H25N5O/c1-21-8-10-22(11-9-21)12-13-23-7-5-18(20-23)19-16(15-25)14-17-4-2-3-6-24(17)19/h2-7,14,25H,8-13,15H2,1H3. The van der Waals surface area contributed by atoms with E-state index in [-0.39, 0.29) is 6.61 Å². The molecule has 4 rings (SSSR count). The molecule has 6 nitrogen and oxygen atoms in total. The highest BCUT2D eigenvalue weighted by molar-refractivity contribution is 5.69. The van der Waals surface area contributed by atoms with Gasteiger partial charge in [-0.25, -0.2) is 0 Å². The van der Waals surface area contributed by atoms with Gasteiger partial charge in [0.1, 0.15) is 5.69 Å². The third-order valence-electron chi connectivity index (χ3n) is 5.05. The second kappa shape index (κ2) is 7.00. The number of aromatic nitrogens is 3. The molecule has 0 amide bonds. The van der Waals surface area contributed by atoms with E-state index in [2.05, 4.69) is 21.2 Å². The summed E-state index contributed by atoms with van der Waals surface area (Å²) in [5.41, 5.74) is 3.88. The molecule has 0 unspecified atom stereocenters. The first-order chi connectivity index (χ1) is 12.2. The largest absolute Gasteiger partial charge is 0.392 e. The minimum atomic E-state index is 0.0190. The molecule has 0 bridgehead atoms. The molecule has 25 heavy (non-hydrogen) atoms. The maximum Gasteiger partial charge on any atom is 0.109 e. The summed E-state index contributed by atoms with van der Waals surface area (Å²) < 4.78 is 4.11. The number of aliphatic hydroxyl groups excluding tert-OH is 1. The van der Waals surface area contributed by atoms with Gasteiger partial charge < -0.3 is 14.4 Å². The van der Waals surface area contributed by atoms with Crippen LogP contribution in [0.25, 0.3) is 16.9 Å². The average Bonchev–Trinajstić information content (AvgIpc) is 3.24. The second-order valence-corrected chi connectivity index (χ2v) is 6.78. The van der Waals surface area contributed by atoms with Crippen molar-refractivity contribution in [3.8, 4) is 11.4 Å². The van der Waals surface area contributed by atoms with Crippen molar-refractivity contribution in [3.63, 3.8) is 0 Å². The minimum Gasteiger partial charge on any atom is -0.392 e. The Kier molecular flexibility index (Phi) is 4.57. The molecule has 1 aliphatic heterocycles. The van der Waals surface area contributed by atoms with E-state index < -0.39 is 0 Å². The Balaban J connectivity index is 1.51. The van der Waals surface area contributed by atoms with Gasteiger partial charge in [-0.1, -0.05) is 6.07 Å². The van der Waals surface area contributed by atoms with Crippen molar-refractivity contribution in [2.45, 2.75) is 13.2 Å². The zero-order valence-electron chi connectivity index (χ0n) is 14.7. The van der Waals surface area contributed by atoms with Gasteiger partial charge >= 0.3 is 0 Å². The molecule has 4 heterocycles. The molecule has 0 spiro atoms. The zero-order valence-corrected chi connectivity index (χ0v) is 14.7. The molecule has 1 saturated heterocycles. The van der Waals surface area contributed by atoms with E-state index in [1.165, 1.54) is 0 Å². The Morgan fingerprint density at radius 1 is 1.04 bits per heavy atom. The number of pyridine rings is 1. The van der Waals surface area contributed by atoms with Crippen LogP contribution in [0.1, 0.15) is 5.56 Å². The normalized spacial score (nSPS) is 16.7. The van der Waals surface area contributed by atoms with E-state index in [9.17, 15) is 5.11 Å². The van der Waals surface area contributed by atoms with E-state index in [0.717, 1.165) is 61.7 Å². The van der Waals surface area contributed by atoms with Crippen LogP contribution in [0.15, 0.2) is 42.7 Å². The fourth-order valence-corrected chi connectivity index (χ4v) is 3.52. The molecule has 6 heteroatoms. The molecular weight excluding hydrogens is 314 g/mol. The van der Waals surface area contributed by atoms with Crippen LogP contribution in [-0.2, 0) is 13.2 Å². The van der Waals surface area contributed by atoms with Crippen LogP contribution in [0.4, 0.5) is 0 Å². The van der Waals surface area contributed by atoms with Crippen molar-refractivity contribution in [1.82, 2.24) is 24.0 Å². The van der Waals surface area contributed by atoms with Crippen molar-refractivity contribution in [2.75, 3.05) is 39.8 Å². The van der Waals surface area contributed by atoms with Crippen LogP contribution in [0.2, 0.25) is 0 Å². The van der Waals surface area contributed by atoms with Crippen molar-refractivity contribution < 1.29 is 5.11 Å². The van der Waals surface area contributed by atoms with Gasteiger partial charge in [-0.2, -0.15) is 5.10 Å². The van der Waals surface area contributed by atoms with Crippen LogP contribution in [0, 0.1) is 0 Å². The first-order valence-corrected chi connectivity index (χ1v) is 8.89. The third-order valence-corrected chi connectivity index (χ3v) is 5.05. The summed E-state index contributed by atoms with van der Waals surface area (Å²) in [6, 6.07) is 10.1. The Labute approximate surface area is 147 Å². The van der Waals surface area contributed by atoms with E-state index in [4.69, 9.17) is 5.10 Å². The number of hydrogen-bond acceptors (Lipinski definition) is 4. The highest BCUT2D eigenvalue weighted by Gasteiger charge is 2.15. The van der Waals surface area contributed by atoms with E-state index in [1.54, 1.807) is 0 Å². The summed E-state index contributed by atoms with van der Waals surface area (Å²) in [6.45, 7) is 6.47. The summed E-state index contributed by atoms with van der Waals surface area (Å²) in [6.07, 6.45) is 4.06.